The highest BCUT2D eigenvalue weighted by molar-refractivity contribution is 6.00. The summed E-state index contributed by atoms with van der Waals surface area (Å²) in [6, 6.07) is 15.1. The smallest absolute Gasteiger partial charge is 0.312 e. The Morgan fingerprint density at radius 2 is 2.00 bits per heavy atom. The van der Waals surface area contributed by atoms with E-state index in [1.165, 1.54) is 0 Å². The third-order valence-electron chi connectivity index (χ3n) is 4.61. The van der Waals surface area contributed by atoms with Gasteiger partial charge in [-0.05, 0) is 51.0 Å². The van der Waals surface area contributed by atoms with Crippen LogP contribution in [0, 0.1) is 12.8 Å². The number of oxime groups is 1. The van der Waals surface area contributed by atoms with Gasteiger partial charge in [-0.3, -0.25) is 4.79 Å². The van der Waals surface area contributed by atoms with Crippen LogP contribution in [0.1, 0.15) is 30.9 Å². The van der Waals surface area contributed by atoms with E-state index in [9.17, 15) is 9.90 Å². The third kappa shape index (κ3) is 6.15. The molecule has 0 saturated heterocycles. The molecule has 8 nitrogen and oxygen atoms in total. The van der Waals surface area contributed by atoms with E-state index in [1.807, 2.05) is 43.3 Å². The first kappa shape index (κ1) is 22.0. The zero-order valence-electron chi connectivity index (χ0n) is 17.7. The number of aryl methyl sites for hydroxylation is 1. The van der Waals surface area contributed by atoms with E-state index in [2.05, 4.69) is 15.3 Å². The normalized spacial score (nSPS) is 12.4. The van der Waals surface area contributed by atoms with Gasteiger partial charge >= 0.3 is 5.97 Å². The minimum absolute atomic E-state index is 0.135. The van der Waals surface area contributed by atoms with E-state index in [4.69, 9.17) is 14.1 Å². The largest absolute Gasteiger partial charge is 0.484 e. The highest BCUT2D eigenvalue weighted by Gasteiger charge is 2.22. The number of rotatable bonds is 10. The summed E-state index contributed by atoms with van der Waals surface area (Å²) in [5.41, 5.74) is 3.28. The van der Waals surface area contributed by atoms with Gasteiger partial charge in [0.05, 0.1) is 5.71 Å². The molecule has 1 heterocycles. The minimum Gasteiger partial charge on any atom is -0.484 e. The van der Waals surface area contributed by atoms with Crippen molar-refractivity contribution in [3.05, 3.63) is 65.5 Å². The van der Waals surface area contributed by atoms with Gasteiger partial charge in [-0.1, -0.05) is 46.2 Å². The second-order valence-corrected chi connectivity index (χ2v) is 7.06. The molecule has 0 aliphatic carbocycles. The van der Waals surface area contributed by atoms with Crippen LogP contribution in [0.15, 0.2) is 58.2 Å². The molecule has 3 aromatic rings. The van der Waals surface area contributed by atoms with Gasteiger partial charge in [-0.2, -0.15) is 4.98 Å². The highest BCUT2D eigenvalue weighted by atomic mass is 16.6. The van der Waals surface area contributed by atoms with Crippen LogP contribution in [0.2, 0.25) is 0 Å². The second kappa shape index (κ2) is 10.4. The molecule has 162 valence electrons. The number of carboxylic acid groups (broad SMARTS) is 1. The Bertz CT molecular complexity index is 1040. The Kier molecular flexibility index (Phi) is 7.37. The SMILES string of the molecule is CCO/N=C(/C)C(Cc1ccc(OCc2nc(-c3cccc(C)c3)no2)cc1)C(=O)O. The average Bonchev–Trinajstić information content (AvgIpc) is 3.24. The predicted molar refractivity (Wildman–Crippen MR) is 115 cm³/mol. The summed E-state index contributed by atoms with van der Waals surface area (Å²) in [5, 5.41) is 17.3. The summed E-state index contributed by atoms with van der Waals surface area (Å²) >= 11 is 0. The Morgan fingerprint density at radius 1 is 1.23 bits per heavy atom. The van der Waals surface area contributed by atoms with Gasteiger partial charge < -0.3 is 19.2 Å². The van der Waals surface area contributed by atoms with Crippen LogP contribution in [0.25, 0.3) is 11.4 Å². The molecule has 0 fully saturated rings. The van der Waals surface area contributed by atoms with Crippen molar-refractivity contribution in [2.45, 2.75) is 33.8 Å². The number of hydrogen-bond donors (Lipinski definition) is 1. The van der Waals surface area contributed by atoms with Gasteiger partial charge in [0.15, 0.2) is 6.61 Å². The summed E-state index contributed by atoms with van der Waals surface area (Å²) in [4.78, 5) is 20.9. The van der Waals surface area contributed by atoms with Crippen molar-refractivity contribution >= 4 is 11.7 Å². The quantitative estimate of drug-likeness (QED) is 0.383. The van der Waals surface area contributed by atoms with E-state index >= 15 is 0 Å². The molecule has 0 bridgehead atoms. The fourth-order valence-corrected chi connectivity index (χ4v) is 2.96. The maximum absolute atomic E-state index is 11.6. The van der Waals surface area contributed by atoms with Crippen molar-refractivity contribution in [1.82, 2.24) is 10.1 Å². The first-order chi connectivity index (χ1) is 15.0. The van der Waals surface area contributed by atoms with Crippen molar-refractivity contribution in [2.75, 3.05) is 6.61 Å². The molecule has 1 N–H and O–H groups in total. The molecule has 0 aliphatic heterocycles. The van der Waals surface area contributed by atoms with Crippen LogP contribution in [0.3, 0.4) is 0 Å². The summed E-state index contributed by atoms with van der Waals surface area (Å²) in [5.74, 6) is -0.194. The lowest BCUT2D eigenvalue weighted by Crippen LogP contribution is -2.24. The Labute approximate surface area is 180 Å². The molecule has 1 aromatic heterocycles. The molecule has 0 amide bonds. The Balaban J connectivity index is 1.59. The number of carbonyl (C=O) groups is 1. The monoisotopic (exact) mass is 423 g/mol. The molecule has 8 heteroatoms. The molecule has 2 aromatic carbocycles. The third-order valence-corrected chi connectivity index (χ3v) is 4.61. The molecular weight excluding hydrogens is 398 g/mol. The van der Waals surface area contributed by atoms with Crippen molar-refractivity contribution in [3.63, 3.8) is 0 Å². The molecule has 0 saturated carbocycles. The topological polar surface area (TPSA) is 107 Å². The summed E-state index contributed by atoms with van der Waals surface area (Å²) in [6.07, 6.45) is 0.307. The number of nitrogens with zero attached hydrogens (tertiary/aromatic N) is 3. The average molecular weight is 423 g/mol. The van der Waals surface area contributed by atoms with Gasteiger partial charge in [0.2, 0.25) is 5.82 Å². The number of benzene rings is 2. The van der Waals surface area contributed by atoms with E-state index in [0.717, 1.165) is 16.7 Å². The number of ether oxygens (including phenoxy) is 1. The van der Waals surface area contributed by atoms with Crippen LogP contribution < -0.4 is 4.74 Å². The van der Waals surface area contributed by atoms with Crippen molar-refractivity contribution in [1.29, 1.82) is 0 Å². The van der Waals surface area contributed by atoms with Gasteiger partial charge in [-0.25, -0.2) is 0 Å². The van der Waals surface area contributed by atoms with Crippen LogP contribution >= 0.6 is 0 Å². The van der Waals surface area contributed by atoms with Crippen LogP contribution in [-0.2, 0) is 22.7 Å². The van der Waals surface area contributed by atoms with Crippen molar-refractivity contribution < 1.29 is 24.0 Å². The fourth-order valence-electron chi connectivity index (χ4n) is 2.96. The summed E-state index contributed by atoms with van der Waals surface area (Å²) < 4.78 is 11.0. The first-order valence-corrected chi connectivity index (χ1v) is 9.97. The molecule has 3 rings (SSSR count). The van der Waals surface area contributed by atoms with Crippen LogP contribution in [0.5, 0.6) is 5.75 Å². The lowest BCUT2D eigenvalue weighted by Gasteiger charge is -2.12. The second-order valence-electron chi connectivity index (χ2n) is 7.06. The molecule has 1 atom stereocenters. The molecule has 0 spiro atoms. The number of aromatic nitrogens is 2. The standard InChI is InChI=1S/C23H25N3O5/c1-4-30-25-16(3)20(23(27)28)13-17-8-10-19(11-9-17)29-14-21-24-22(26-31-21)18-7-5-6-15(2)12-18/h5-12,20H,4,13-14H2,1-3H3,(H,27,28)/b25-16-. The zero-order valence-corrected chi connectivity index (χ0v) is 17.7. The lowest BCUT2D eigenvalue weighted by molar-refractivity contribution is -0.139. The fraction of sp³-hybridized carbons (Fsp3) is 0.304. The molecule has 1 unspecified atom stereocenters. The van der Waals surface area contributed by atoms with Crippen LogP contribution in [-0.4, -0.2) is 33.5 Å². The lowest BCUT2D eigenvalue weighted by atomic mass is 9.95. The first-order valence-electron chi connectivity index (χ1n) is 9.97. The van der Waals surface area contributed by atoms with Gasteiger partial charge in [0, 0.05) is 5.56 Å². The zero-order chi connectivity index (χ0) is 22.2. The molecular formula is C23H25N3O5. The molecule has 0 aliphatic rings. The Hall–Kier alpha value is -3.68. The van der Waals surface area contributed by atoms with Crippen molar-refractivity contribution in [2.24, 2.45) is 11.1 Å². The number of aliphatic carboxylic acids is 1. The number of hydrogen-bond acceptors (Lipinski definition) is 7. The maximum atomic E-state index is 11.6. The van der Waals surface area contributed by atoms with E-state index in [1.54, 1.807) is 26.0 Å². The van der Waals surface area contributed by atoms with E-state index in [0.29, 0.717) is 36.2 Å². The summed E-state index contributed by atoms with van der Waals surface area (Å²) in [7, 11) is 0. The maximum Gasteiger partial charge on any atom is 0.312 e. The molecule has 0 radical (unpaired) electrons. The predicted octanol–water partition coefficient (Wildman–Crippen LogP) is 4.28. The van der Waals surface area contributed by atoms with Gasteiger partial charge in [0.1, 0.15) is 18.3 Å². The Morgan fingerprint density at radius 3 is 2.68 bits per heavy atom. The van der Waals surface area contributed by atoms with Gasteiger partial charge in [-0.15, -0.1) is 0 Å². The molecule has 31 heavy (non-hydrogen) atoms. The number of carboxylic acids is 1. The summed E-state index contributed by atoms with van der Waals surface area (Å²) in [6.45, 7) is 5.98. The van der Waals surface area contributed by atoms with E-state index in [-0.39, 0.29) is 6.61 Å². The minimum atomic E-state index is -0.943. The van der Waals surface area contributed by atoms with Gasteiger partial charge in [0.25, 0.3) is 5.89 Å². The highest BCUT2D eigenvalue weighted by Crippen LogP contribution is 2.20. The van der Waals surface area contributed by atoms with Crippen LogP contribution in [0.4, 0.5) is 0 Å². The van der Waals surface area contributed by atoms with E-state index < -0.39 is 11.9 Å². The van der Waals surface area contributed by atoms with Crippen molar-refractivity contribution in [3.8, 4) is 17.1 Å².